The fourth-order valence-corrected chi connectivity index (χ4v) is 4.65. The summed E-state index contributed by atoms with van der Waals surface area (Å²) in [5.74, 6) is 0.808. The van der Waals surface area contributed by atoms with Crippen LogP contribution in [0, 0.1) is 0 Å². The molecule has 2 saturated heterocycles. The summed E-state index contributed by atoms with van der Waals surface area (Å²) in [7, 11) is 0. The van der Waals surface area contributed by atoms with Gasteiger partial charge in [-0.1, -0.05) is 19.1 Å². The van der Waals surface area contributed by atoms with Gasteiger partial charge in [0.15, 0.2) is 5.82 Å². The van der Waals surface area contributed by atoms with E-state index in [1.54, 1.807) is 12.4 Å². The van der Waals surface area contributed by atoms with E-state index in [0.717, 1.165) is 43.1 Å². The average molecular weight is 477 g/mol. The zero-order chi connectivity index (χ0) is 24.3. The monoisotopic (exact) mass is 476 g/mol. The lowest BCUT2D eigenvalue weighted by molar-refractivity contribution is -0.146. The number of ether oxygens (including phenoxy) is 2. The first-order valence-corrected chi connectivity index (χ1v) is 12.3. The fraction of sp³-hybridized carbons (Fsp3) is 0.462. The Kier molecular flexibility index (Phi) is 6.79. The Morgan fingerprint density at radius 2 is 1.86 bits per heavy atom. The minimum Gasteiger partial charge on any atom is -0.378 e. The molecule has 1 atom stereocenters. The van der Waals surface area contributed by atoms with E-state index in [4.69, 9.17) is 14.5 Å². The maximum atomic E-state index is 12.2. The highest BCUT2D eigenvalue weighted by atomic mass is 16.5. The molecule has 0 bridgehead atoms. The second kappa shape index (κ2) is 10.1. The van der Waals surface area contributed by atoms with Crippen molar-refractivity contribution in [2.24, 2.45) is 0 Å². The maximum Gasteiger partial charge on any atom is 0.222 e. The molecule has 2 aliphatic rings. The van der Waals surface area contributed by atoms with Crippen LogP contribution in [0.25, 0.3) is 22.3 Å². The van der Waals surface area contributed by atoms with Gasteiger partial charge < -0.3 is 24.6 Å². The number of carbonyl (C=O) groups is 1. The zero-order valence-electron chi connectivity index (χ0n) is 20.4. The van der Waals surface area contributed by atoms with E-state index in [-0.39, 0.29) is 5.91 Å². The molecular formula is C26H32N6O3. The number of benzene rings is 1. The minimum atomic E-state index is -0.519. The lowest BCUT2D eigenvalue weighted by atomic mass is 10.0. The van der Waals surface area contributed by atoms with E-state index in [2.05, 4.69) is 44.5 Å². The van der Waals surface area contributed by atoms with Gasteiger partial charge in [0, 0.05) is 56.2 Å². The predicted octanol–water partition coefficient (Wildman–Crippen LogP) is 2.97. The van der Waals surface area contributed by atoms with Crippen LogP contribution in [0.1, 0.15) is 20.3 Å². The van der Waals surface area contributed by atoms with Crippen molar-refractivity contribution in [3.63, 3.8) is 0 Å². The van der Waals surface area contributed by atoms with Crippen LogP contribution in [0.2, 0.25) is 0 Å². The van der Waals surface area contributed by atoms with Crippen LogP contribution in [-0.4, -0.2) is 83.9 Å². The molecule has 0 radical (unpaired) electrons. The summed E-state index contributed by atoms with van der Waals surface area (Å²) in [5.41, 5.74) is 3.99. The molecule has 35 heavy (non-hydrogen) atoms. The Morgan fingerprint density at radius 1 is 1.09 bits per heavy atom. The number of morpholine rings is 2. The molecule has 5 rings (SSSR count). The predicted molar refractivity (Wildman–Crippen MR) is 136 cm³/mol. The van der Waals surface area contributed by atoms with Gasteiger partial charge in [0.1, 0.15) is 11.1 Å². The molecule has 0 spiro atoms. The van der Waals surface area contributed by atoms with Crippen LogP contribution < -0.4 is 10.2 Å². The van der Waals surface area contributed by atoms with E-state index < -0.39 is 5.60 Å². The van der Waals surface area contributed by atoms with Crippen LogP contribution in [-0.2, 0) is 14.3 Å². The van der Waals surface area contributed by atoms with Crippen LogP contribution in [0.3, 0.4) is 0 Å². The lowest BCUT2D eigenvalue weighted by Gasteiger charge is -2.40. The number of pyridine rings is 1. The van der Waals surface area contributed by atoms with Gasteiger partial charge >= 0.3 is 0 Å². The van der Waals surface area contributed by atoms with Crippen LogP contribution in [0.5, 0.6) is 0 Å². The number of carbonyl (C=O) groups excluding carboxylic acids is 1. The number of amides is 1. The highest BCUT2D eigenvalue weighted by Gasteiger charge is 2.34. The third-order valence-corrected chi connectivity index (χ3v) is 6.62. The largest absolute Gasteiger partial charge is 0.378 e. The summed E-state index contributed by atoms with van der Waals surface area (Å²) < 4.78 is 11.5. The molecule has 1 aromatic carbocycles. The van der Waals surface area contributed by atoms with Gasteiger partial charge in [0.05, 0.1) is 37.6 Å². The van der Waals surface area contributed by atoms with E-state index in [1.165, 1.54) is 5.69 Å². The Bertz CT molecular complexity index is 1180. The van der Waals surface area contributed by atoms with Crippen molar-refractivity contribution in [2.45, 2.75) is 25.9 Å². The Morgan fingerprint density at radius 3 is 2.63 bits per heavy atom. The topological polar surface area (TPSA) is 92.7 Å². The van der Waals surface area contributed by atoms with E-state index in [1.807, 2.05) is 24.8 Å². The normalized spacial score (nSPS) is 20.7. The summed E-state index contributed by atoms with van der Waals surface area (Å²) in [4.78, 5) is 30.4. The van der Waals surface area contributed by atoms with Crippen molar-refractivity contribution in [1.29, 1.82) is 0 Å². The molecule has 4 heterocycles. The number of hydrogen-bond acceptors (Lipinski definition) is 8. The second-order valence-electron chi connectivity index (χ2n) is 9.25. The summed E-state index contributed by atoms with van der Waals surface area (Å²) in [5, 5.41) is 3.45. The summed E-state index contributed by atoms with van der Waals surface area (Å²) in [6, 6.07) is 10.4. The van der Waals surface area contributed by atoms with Gasteiger partial charge in [0.2, 0.25) is 5.91 Å². The number of aromatic nitrogens is 3. The molecular weight excluding hydrogens is 444 g/mol. The molecule has 1 N–H and O–H groups in total. The van der Waals surface area contributed by atoms with Gasteiger partial charge in [0.25, 0.3) is 0 Å². The standard InChI is InChI=1S/C26H32N6O3/c1-3-23(33)32-12-15-35-26(2,18-32)17-29-25-24-22(27-8-9-28-24)16-21(30-25)19-4-6-20(7-5-19)31-10-13-34-14-11-31/h4-9,16H,3,10-15,17-18H2,1-2H3,(H,29,30)/t26-/m1/s1. The second-order valence-corrected chi connectivity index (χ2v) is 9.25. The highest BCUT2D eigenvalue weighted by molar-refractivity contribution is 5.88. The number of nitrogens with zero attached hydrogens (tertiary/aromatic N) is 5. The van der Waals surface area contributed by atoms with Gasteiger partial charge in [-0.3, -0.25) is 9.78 Å². The van der Waals surface area contributed by atoms with Crippen molar-refractivity contribution < 1.29 is 14.3 Å². The van der Waals surface area contributed by atoms with Crippen molar-refractivity contribution >= 4 is 28.4 Å². The van der Waals surface area contributed by atoms with Gasteiger partial charge in [-0.15, -0.1) is 0 Å². The first-order valence-electron chi connectivity index (χ1n) is 12.3. The van der Waals surface area contributed by atoms with Gasteiger partial charge in [-0.05, 0) is 25.1 Å². The first kappa shape index (κ1) is 23.4. The first-order chi connectivity index (χ1) is 17.0. The molecule has 0 aliphatic carbocycles. The number of fused-ring (bicyclic) bond motifs is 1. The summed E-state index contributed by atoms with van der Waals surface area (Å²) in [6.45, 7) is 9.43. The third-order valence-electron chi connectivity index (χ3n) is 6.62. The Labute approximate surface area is 205 Å². The SMILES string of the molecule is CCC(=O)N1CCO[C@](C)(CNc2nc(-c3ccc(N4CCOCC4)cc3)cc3nccnc23)C1. The molecule has 3 aromatic rings. The minimum absolute atomic E-state index is 0.150. The summed E-state index contributed by atoms with van der Waals surface area (Å²) >= 11 is 0. The number of hydrogen-bond donors (Lipinski definition) is 1. The Balaban J connectivity index is 1.38. The van der Waals surface area contributed by atoms with E-state index >= 15 is 0 Å². The number of nitrogens with one attached hydrogen (secondary N) is 1. The average Bonchev–Trinajstić information content (AvgIpc) is 2.91. The smallest absolute Gasteiger partial charge is 0.222 e. The van der Waals surface area contributed by atoms with Crippen molar-refractivity contribution in [1.82, 2.24) is 19.9 Å². The van der Waals surface area contributed by atoms with Crippen molar-refractivity contribution in [2.75, 3.05) is 62.8 Å². The molecule has 9 nitrogen and oxygen atoms in total. The summed E-state index contributed by atoms with van der Waals surface area (Å²) in [6.07, 6.45) is 3.86. The van der Waals surface area contributed by atoms with Crippen LogP contribution in [0.15, 0.2) is 42.7 Å². The molecule has 2 aromatic heterocycles. The van der Waals surface area contributed by atoms with E-state index in [0.29, 0.717) is 44.0 Å². The van der Waals surface area contributed by atoms with Gasteiger partial charge in [-0.25, -0.2) is 9.97 Å². The zero-order valence-corrected chi connectivity index (χ0v) is 20.4. The van der Waals surface area contributed by atoms with Crippen molar-refractivity contribution in [3.05, 3.63) is 42.7 Å². The molecule has 2 aliphatic heterocycles. The number of anilines is 2. The molecule has 184 valence electrons. The highest BCUT2D eigenvalue weighted by Crippen LogP contribution is 2.28. The maximum absolute atomic E-state index is 12.2. The molecule has 0 unspecified atom stereocenters. The van der Waals surface area contributed by atoms with Crippen LogP contribution >= 0.6 is 0 Å². The third kappa shape index (κ3) is 5.21. The van der Waals surface area contributed by atoms with Crippen molar-refractivity contribution in [3.8, 4) is 11.3 Å². The quantitative estimate of drug-likeness (QED) is 0.581. The molecule has 2 fully saturated rings. The fourth-order valence-electron chi connectivity index (χ4n) is 4.65. The van der Waals surface area contributed by atoms with Gasteiger partial charge in [-0.2, -0.15) is 0 Å². The molecule has 1 amide bonds. The van der Waals surface area contributed by atoms with Crippen LogP contribution in [0.4, 0.5) is 11.5 Å². The lowest BCUT2D eigenvalue weighted by Crippen LogP contribution is -2.55. The number of rotatable bonds is 6. The molecule has 0 saturated carbocycles. The van der Waals surface area contributed by atoms with E-state index in [9.17, 15) is 4.79 Å². The Hall–Kier alpha value is -3.30. The molecule has 9 heteroatoms.